The Morgan fingerprint density at radius 3 is 1.79 bits per heavy atom. The van der Waals surface area contributed by atoms with Crippen molar-refractivity contribution in [1.82, 2.24) is 0 Å². The van der Waals surface area contributed by atoms with Crippen molar-refractivity contribution in [3.8, 4) is 0 Å². The van der Waals surface area contributed by atoms with Crippen LogP contribution in [0, 0.1) is 5.92 Å². The molecule has 0 aromatic heterocycles. The van der Waals surface area contributed by atoms with E-state index in [1.807, 2.05) is 0 Å². The lowest BCUT2D eigenvalue weighted by Gasteiger charge is -2.14. The lowest BCUT2D eigenvalue weighted by Crippen LogP contribution is -2.27. The number of carbonyl (C=O) groups excluding carboxylic acids is 2. The predicted octanol–water partition coefficient (Wildman–Crippen LogP) is 2.77. The molecule has 1 atom stereocenters. The highest BCUT2D eigenvalue weighted by Crippen LogP contribution is 2.29. The van der Waals surface area contributed by atoms with E-state index in [1.54, 1.807) is 13.8 Å². The number of carboxylic acid groups (broad SMARTS) is 2. The van der Waals surface area contributed by atoms with Gasteiger partial charge in [0.05, 0.1) is 45.4 Å². The maximum atomic E-state index is 13.0. The van der Waals surface area contributed by atoms with Crippen molar-refractivity contribution < 1.29 is 29.4 Å². The van der Waals surface area contributed by atoms with Crippen LogP contribution in [0.15, 0.2) is 70.4 Å². The van der Waals surface area contributed by atoms with E-state index in [1.165, 1.54) is 59.6 Å². The zero-order valence-corrected chi connectivity index (χ0v) is 17.6. The van der Waals surface area contributed by atoms with Gasteiger partial charge in [0.1, 0.15) is 0 Å². The van der Waals surface area contributed by atoms with Crippen LogP contribution in [0.2, 0.25) is 0 Å². The fourth-order valence-electron chi connectivity index (χ4n) is 3.50. The minimum Gasteiger partial charge on any atom is -0.478 e. The lowest BCUT2D eigenvalue weighted by molar-refractivity contribution is -0.118. The molecule has 10 nitrogen and oxygen atoms in total. The smallest absolute Gasteiger partial charge is 0.335 e. The number of rotatable bonds is 5. The minimum absolute atomic E-state index is 0.0849. The Morgan fingerprint density at radius 2 is 1.30 bits per heavy atom. The van der Waals surface area contributed by atoms with Gasteiger partial charge in [-0.1, -0.05) is 6.08 Å². The van der Waals surface area contributed by atoms with Gasteiger partial charge in [0.25, 0.3) is 11.8 Å². The van der Waals surface area contributed by atoms with Crippen LogP contribution in [0.3, 0.4) is 0 Å². The molecular formula is C23H18N4O6. The molecule has 2 heterocycles. The van der Waals surface area contributed by atoms with Crippen LogP contribution in [0.1, 0.15) is 34.6 Å². The van der Waals surface area contributed by atoms with Crippen LogP contribution in [-0.2, 0) is 9.59 Å². The van der Waals surface area contributed by atoms with Crippen molar-refractivity contribution in [2.24, 2.45) is 16.1 Å². The Labute approximate surface area is 187 Å². The molecule has 0 saturated carbocycles. The number of anilines is 2. The van der Waals surface area contributed by atoms with Gasteiger partial charge in [-0.25, -0.2) is 9.59 Å². The van der Waals surface area contributed by atoms with Gasteiger partial charge in [-0.05, 0) is 62.4 Å². The SMILES string of the molecule is CC1=NN(c2ccc(C(=O)O)cc2)C(=O)C1=CC1C(=O)N(c2ccc(C(=O)O)cc2)N=C1C. The van der Waals surface area contributed by atoms with E-state index in [0.29, 0.717) is 22.8 Å². The van der Waals surface area contributed by atoms with Crippen molar-refractivity contribution in [2.45, 2.75) is 13.8 Å². The first kappa shape index (κ1) is 21.6. The summed E-state index contributed by atoms with van der Waals surface area (Å²) in [5, 5.41) is 28.9. The van der Waals surface area contributed by atoms with E-state index in [2.05, 4.69) is 10.2 Å². The maximum Gasteiger partial charge on any atom is 0.335 e. The predicted molar refractivity (Wildman–Crippen MR) is 120 cm³/mol. The van der Waals surface area contributed by atoms with Crippen LogP contribution in [0.4, 0.5) is 11.4 Å². The molecule has 10 heteroatoms. The first-order valence-corrected chi connectivity index (χ1v) is 9.85. The summed E-state index contributed by atoms with van der Waals surface area (Å²) in [6.07, 6.45) is 1.51. The Morgan fingerprint density at radius 1 is 0.818 bits per heavy atom. The molecule has 0 radical (unpaired) electrons. The summed E-state index contributed by atoms with van der Waals surface area (Å²) in [7, 11) is 0. The lowest BCUT2D eigenvalue weighted by atomic mass is 9.98. The monoisotopic (exact) mass is 446 g/mol. The number of amides is 2. The standard InChI is InChI=1S/C23H18N4O6/c1-12-18(20(28)26(24-12)16-7-3-14(4-8-16)22(30)31)11-19-13(2)25-27(21(19)29)17-9-5-15(6-10-17)23(32)33/h3-11,18H,1-2H3,(H,30,31)(H,32,33). The zero-order valence-electron chi connectivity index (χ0n) is 17.6. The highest BCUT2D eigenvalue weighted by molar-refractivity contribution is 6.30. The fourth-order valence-corrected chi connectivity index (χ4v) is 3.50. The van der Waals surface area contributed by atoms with Crippen molar-refractivity contribution in [1.29, 1.82) is 0 Å². The molecule has 2 aromatic rings. The summed E-state index contributed by atoms with van der Waals surface area (Å²) in [5.74, 6) is -3.77. The molecule has 2 aliphatic heterocycles. The summed E-state index contributed by atoms with van der Waals surface area (Å²) in [5.41, 5.74) is 2.11. The van der Waals surface area contributed by atoms with Gasteiger partial charge in [-0.2, -0.15) is 20.2 Å². The first-order chi connectivity index (χ1) is 15.7. The number of aromatic carboxylic acids is 2. The second kappa shape index (κ2) is 8.15. The molecular weight excluding hydrogens is 428 g/mol. The molecule has 2 aromatic carbocycles. The van der Waals surface area contributed by atoms with E-state index >= 15 is 0 Å². The second-order valence-electron chi connectivity index (χ2n) is 7.46. The molecule has 4 rings (SSSR count). The van der Waals surface area contributed by atoms with Gasteiger partial charge < -0.3 is 10.2 Å². The molecule has 33 heavy (non-hydrogen) atoms. The third-order valence-electron chi connectivity index (χ3n) is 5.30. The van der Waals surface area contributed by atoms with Crippen molar-refractivity contribution in [3.05, 3.63) is 71.3 Å². The van der Waals surface area contributed by atoms with Crippen molar-refractivity contribution >= 4 is 46.6 Å². The summed E-state index contributed by atoms with van der Waals surface area (Å²) < 4.78 is 0. The third kappa shape index (κ3) is 3.89. The molecule has 2 aliphatic rings. The molecule has 0 fully saturated rings. The Hall–Kier alpha value is -4.60. The summed E-state index contributed by atoms with van der Waals surface area (Å²) in [4.78, 5) is 48.1. The number of carboxylic acids is 2. The number of nitrogens with zero attached hydrogens (tertiary/aromatic N) is 4. The molecule has 166 valence electrons. The quantitative estimate of drug-likeness (QED) is 0.677. The average molecular weight is 446 g/mol. The van der Waals surface area contributed by atoms with E-state index in [4.69, 9.17) is 10.2 Å². The summed E-state index contributed by atoms with van der Waals surface area (Å²) in [6.45, 7) is 3.31. The topological polar surface area (TPSA) is 140 Å². The average Bonchev–Trinajstić information content (AvgIpc) is 3.24. The fraction of sp³-hybridized carbons (Fsp3) is 0.130. The van der Waals surface area contributed by atoms with Gasteiger partial charge in [-0.3, -0.25) is 9.59 Å². The number of hydrogen-bond acceptors (Lipinski definition) is 6. The van der Waals surface area contributed by atoms with Crippen LogP contribution < -0.4 is 10.0 Å². The van der Waals surface area contributed by atoms with E-state index in [0.717, 1.165) is 5.01 Å². The second-order valence-corrected chi connectivity index (χ2v) is 7.46. The number of hydrogen-bond donors (Lipinski definition) is 2. The van der Waals surface area contributed by atoms with Gasteiger partial charge in [0.15, 0.2) is 0 Å². The Kier molecular flexibility index (Phi) is 5.34. The highest BCUT2D eigenvalue weighted by atomic mass is 16.4. The molecule has 0 aliphatic carbocycles. The molecule has 2 N–H and O–H groups in total. The molecule has 1 unspecified atom stereocenters. The maximum absolute atomic E-state index is 13.0. The summed E-state index contributed by atoms with van der Waals surface area (Å²) >= 11 is 0. The van der Waals surface area contributed by atoms with Crippen LogP contribution in [0.25, 0.3) is 0 Å². The molecule has 2 amide bonds. The Balaban J connectivity index is 1.57. The summed E-state index contributed by atoms with van der Waals surface area (Å²) in [6, 6.07) is 11.5. The largest absolute Gasteiger partial charge is 0.478 e. The third-order valence-corrected chi connectivity index (χ3v) is 5.30. The molecule has 0 saturated heterocycles. The van der Waals surface area contributed by atoms with E-state index < -0.39 is 23.8 Å². The highest BCUT2D eigenvalue weighted by Gasteiger charge is 2.36. The van der Waals surface area contributed by atoms with Crippen molar-refractivity contribution in [2.75, 3.05) is 10.0 Å². The first-order valence-electron chi connectivity index (χ1n) is 9.85. The minimum atomic E-state index is -1.08. The van der Waals surface area contributed by atoms with Gasteiger partial charge in [0, 0.05) is 0 Å². The number of carbonyl (C=O) groups is 4. The zero-order chi connectivity index (χ0) is 23.9. The van der Waals surface area contributed by atoms with Crippen LogP contribution in [-0.4, -0.2) is 45.4 Å². The van der Waals surface area contributed by atoms with E-state index in [9.17, 15) is 19.2 Å². The number of hydrazone groups is 2. The van der Waals surface area contributed by atoms with Crippen LogP contribution >= 0.6 is 0 Å². The van der Waals surface area contributed by atoms with Gasteiger partial charge in [-0.15, -0.1) is 0 Å². The number of benzene rings is 2. The van der Waals surface area contributed by atoms with Gasteiger partial charge in [0.2, 0.25) is 0 Å². The van der Waals surface area contributed by atoms with Crippen molar-refractivity contribution in [3.63, 3.8) is 0 Å². The van der Waals surface area contributed by atoms with Gasteiger partial charge >= 0.3 is 11.9 Å². The Bertz CT molecular complexity index is 1280. The van der Waals surface area contributed by atoms with Crippen LogP contribution in [0.5, 0.6) is 0 Å². The van der Waals surface area contributed by atoms with E-state index in [-0.39, 0.29) is 22.6 Å². The molecule has 0 bridgehead atoms. The normalized spacial score (nSPS) is 19.2. The molecule has 0 spiro atoms.